The van der Waals surface area contributed by atoms with Crippen LogP contribution in [0.4, 0.5) is 11.4 Å². The lowest BCUT2D eigenvalue weighted by molar-refractivity contribution is -0.384. The van der Waals surface area contributed by atoms with E-state index in [2.05, 4.69) is 21.2 Å². The van der Waals surface area contributed by atoms with E-state index in [1.165, 1.54) is 23.1 Å². The van der Waals surface area contributed by atoms with Gasteiger partial charge in [0, 0.05) is 16.6 Å². The van der Waals surface area contributed by atoms with Crippen LogP contribution in [0.1, 0.15) is 0 Å². The van der Waals surface area contributed by atoms with Crippen molar-refractivity contribution in [1.82, 2.24) is 5.32 Å². The minimum absolute atomic E-state index is 0.190. The number of hydrogen-bond acceptors (Lipinski definition) is 6. The van der Waals surface area contributed by atoms with Gasteiger partial charge in [-0.05, 0) is 24.3 Å². The minimum Gasteiger partial charge on any atom is -0.492 e. The van der Waals surface area contributed by atoms with Crippen molar-refractivity contribution >= 4 is 39.1 Å². The highest BCUT2D eigenvalue weighted by Crippen LogP contribution is 2.35. The number of nitro groups is 1. The summed E-state index contributed by atoms with van der Waals surface area (Å²) in [4.78, 5) is 35.9. The SMILES string of the molecule is O=C(CN1C(=O)COc2ccc([N+](=O)[O-])cc21)NCCOc1cccc(Br)c1. The molecule has 1 aliphatic heterocycles. The zero-order valence-corrected chi connectivity index (χ0v) is 16.2. The lowest BCUT2D eigenvalue weighted by atomic mass is 10.2. The molecule has 2 aromatic rings. The Hall–Kier alpha value is -3.14. The van der Waals surface area contributed by atoms with E-state index in [9.17, 15) is 19.7 Å². The van der Waals surface area contributed by atoms with Crippen molar-refractivity contribution < 1.29 is 24.0 Å². The first-order valence-corrected chi connectivity index (χ1v) is 9.10. The molecule has 1 N–H and O–H groups in total. The van der Waals surface area contributed by atoms with Crippen LogP contribution >= 0.6 is 15.9 Å². The van der Waals surface area contributed by atoms with Gasteiger partial charge in [-0.3, -0.25) is 24.6 Å². The Balaban J connectivity index is 1.57. The molecule has 0 saturated carbocycles. The first kappa shape index (κ1) is 19.6. The number of fused-ring (bicyclic) bond motifs is 1. The molecule has 28 heavy (non-hydrogen) atoms. The van der Waals surface area contributed by atoms with Gasteiger partial charge in [-0.15, -0.1) is 0 Å². The van der Waals surface area contributed by atoms with E-state index in [1.807, 2.05) is 12.1 Å². The standard InChI is InChI=1S/C18H16BrN3O6/c19-12-2-1-3-14(8-12)27-7-6-20-17(23)10-21-15-9-13(22(25)26)4-5-16(15)28-11-18(21)24/h1-5,8-9H,6-7,10-11H2,(H,20,23). The average molecular weight is 450 g/mol. The number of nitro benzene ring substituents is 1. The van der Waals surface area contributed by atoms with Gasteiger partial charge < -0.3 is 14.8 Å². The van der Waals surface area contributed by atoms with Gasteiger partial charge in [0.1, 0.15) is 24.7 Å². The molecule has 10 heteroatoms. The second kappa shape index (κ2) is 8.70. The van der Waals surface area contributed by atoms with Crippen molar-refractivity contribution in [1.29, 1.82) is 0 Å². The Kier molecular flexibility index (Phi) is 6.09. The fraction of sp³-hybridized carbons (Fsp3) is 0.222. The number of benzene rings is 2. The van der Waals surface area contributed by atoms with Crippen molar-refractivity contribution in [2.24, 2.45) is 0 Å². The molecule has 0 saturated heterocycles. The van der Waals surface area contributed by atoms with Gasteiger partial charge in [0.15, 0.2) is 6.61 Å². The van der Waals surface area contributed by atoms with Gasteiger partial charge in [0.25, 0.3) is 11.6 Å². The molecule has 3 rings (SSSR count). The van der Waals surface area contributed by atoms with Crippen LogP contribution in [-0.2, 0) is 9.59 Å². The molecule has 0 atom stereocenters. The number of nitrogens with one attached hydrogen (secondary N) is 1. The first-order chi connectivity index (χ1) is 13.4. The Bertz CT molecular complexity index is 920. The summed E-state index contributed by atoms with van der Waals surface area (Å²) in [6.07, 6.45) is 0. The number of anilines is 1. The summed E-state index contributed by atoms with van der Waals surface area (Å²) in [7, 11) is 0. The number of non-ortho nitro benzene ring substituents is 1. The Morgan fingerprint density at radius 3 is 2.89 bits per heavy atom. The first-order valence-electron chi connectivity index (χ1n) is 8.31. The maximum Gasteiger partial charge on any atom is 0.271 e. The van der Waals surface area contributed by atoms with Crippen LogP contribution < -0.4 is 19.7 Å². The third-order valence-corrected chi connectivity index (χ3v) is 4.38. The molecule has 1 heterocycles. The van der Waals surface area contributed by atoms with E-state index in [-0.39, 0.29) is 37.7 Å². The molecular weight excluding hydrogens is 434 g/mol. The molecule has 0 spiro atoms. The van der Waals surface area contributed by atoms with Crippen LogP contribution in [0.5, 0.6) is 11.5 Å². The summed E-state index contributed by atoms with van der Waals surface area (Å²) in [5.74, 6) is 0.114. The number of carbonyl (C=O) groups excluding carboxylic acids is 2. The van der Waals surface area contributed by atoms with Crippen molar-refractivity contribution in [3.05, 3.63) is 57.1 Å². The molecule has 0 bridgehead atoms. The molecule has 146 valence electrons. The zero-order valence-electron chi connectivity index (χ0n) is 14.6. The fourth-order valence-electron chi connectivity index (χ4n) is 2.59. The van der Waals surface area contributed by atoms with Crippen LogP contribution in [0.2, 0.25) is 0 Å². The van der Waals surface area contributed by atoms with E-state index >= 15 is 0 Å². The van der Waals surface area contributed by atoms with E-state index in [4.69, 9.17) is 9.47 Å². The maximum atomic E-state index is 12.2. The number of nitrogens with zero attached hydrogens (tertiary/aromatic N) is 2. The molecule has 0 unspecified atom stereocenters. The molecule has 1 aliphatic rings. The summed E-state index contributed by atoms with van der Waals surface area (Å²) in [6.45, 7) is -0.00961. The summed E-state index contributed by atoms with van der Waals surface area (Å²) in [5, 5.41) is 13.6. The monoisotopic (exact) mass is 449 g/mol. The largest absolute Gasteiger partial charge is 0.492 e. The summed E-state index contributed by atoms with van der Waals surface area (Å²) in [5.41, 5.74) is 0.0101. The second-order valence-corrected chi connectivity index (χ2v) is 6.75. The zero-order chi connectivity index (χ0) is 20.1. The van der Waals surface area contributed by atoms with Gasteiger partial charge in [-0.2, -0.15) is 0 Å². The fourth-order valence-corrected chi connectivity index (χ4v) is 2.97. The third-order valence-electron chi connectivity index (χ3n) is 3.89. The number of amides is 2. The maximum absolute atomic E-state index is 12.2. The average Bonchev–Trinajstić information content (AvgIpc) is 2.67. The summed E-state index contributed by atoms with van der Waals surface area (Å²) >= 11 is 3.34. The summed E-state index contributed by atoms with van der Waals surface area (Å²) in [6, 6.07) is 11.2. The highest BCUT2D eigenvalue weighted by molar-refractivity contribution is 9.10. The minimum atomic E-state index is -0.573. The molecule has 2 aromatic carbocycles. The highest BCUT2D eigenvalue weighted by atomic mass is 79.9. The van der Waals surface area contributed by atoms with Gasteiger partial charge in [0.2, 0.25) is 5.91 Å². The van der Waals surface area contributed by atoms with E-state index in [0.29, 0.717) is 11.5 Å². The Morgan fingerprint density at radius 1 is 1.32 bits per heavy atom. The lowest BCUT2D eigenvalue weighted by Crippen LogP contribution is -2.45. The van der Waals surface area contributed by atoms with Gasteiger partial charge in [0.05, 0.1) is 17.2 Å². The number of rotatable bonds is 7. The third kappa shape index (κ3) is 4.77. The van der Waals surface area contributed by atoms with E-state index in [0.717, 1.165) is 4.47 Å². The lowest BCUT2D eigenvalue weighted by Gasteiger charge is -2.28. The van der Waals surface area contributed by atoms with Crippen LogP contribution in [0, 0.1) is 10.1 Å². The van der Waals surface area contributed by atoms with Crippen molar-refractivity contribution in [2.75, 3.05) is 31.2 Å². The van der Waals surface area contributed by atoms with Crippen molar-refractivity contribution in [3.63, 3.8) is 0 Å². The van der Waals surface area contributed by atoms with Gasteiger partial charge in [-0.1, -0.05) is 22.0 Å². The van der Waals surface area contributed by atoms with Gasteiger partial charge in [-0.25, -0.2) is 0 Å². The van der Waals surface area contributed by atoms with Crippen LogP contribution in [0.15, 0.2) is 46.9 Å². The highest BCUT2D eigenvalue weighted by Gasteiger charge is 2.29. The molecule has 2 amide bonds. The van der Waals surface area contributed by atoms with Crippen LogP contribution in [0.3, 0.4) is 0 Å². The molecule has 0 radical (unpaired) electrons. The normalized spacial score (nSPS) is 12.8. The molecule has 9 nitrogen and oxygen atoms in total. The smallest absolute Gasteiger partial charge is 0.271 e. The van der Waals surface area contributed by atoms with Crippen LogP contribution in [-0.4, -0.2) is 43.0 Å². The predicted octanol–water partition coefficient (Wildman–Crippen LogP) is 2.28. The summed E-state index contributed by atoms with van der Waals surface area (Å²) < 4.78 is 11.7. The van der Waals surface area contributed by atoms with E-state index < -0.39 is 16.7 Å². The Morgan fingerprint density at radius 2 is 2.14 bits per heavy atom. The Labute approximate surface area is 168 Å². The number of carbonyl (C=O) groups is 2. The number of halogens is 1. The van der Waals surface area contributed by atoms with Gasteiger partial charge >= 0.3 is 0 Å². The molecule has 0 aromatic heterocycles. The number of hydrogen-bond donors (Lipinski definition) is 1. The van der Waals surface area contributed by atoms with Crippen molar-refractivity contribution in [3.8, 4) is 11.5 Å². The molecule has 0 fully saturated rings. The quantitative estimate of drug-likeness (QED) is 0.394. The topological polar surface area (TPSA) is 111 Å². The second-order valence-electron chi connectivity index (χ2n) is 5.83. The number of ether oxygens (including phenoxy) is 2. The van der Waals surface area contributed by atoms with Crippen LogP contribution in [0.25, 0.3) is 0 Å². The molecule has 0 aliphatic carbocycles. The molecular formula is C18H16BrN3O6. The van der Waals surface area contributed by atoms with E-state index in [1.54, 1.807) is 12.1 Å². The predicted molar refractivity (Wildman–Crippen MR) is 104 cm³/mol. The van der Waals surface area contributed by atoms with Crippen molar-refractivity contribution in [2.45, 2.75) is 0 Å².